The molecular weight excluding hydrogens is 446 g/mol. The lowest BCUT2D eigenvalue weighted by Gasteiger charge is -2.35. The monoisotopic (exact) mass is 477 g/mol. The highest BCUT2D eigenvalue weighted by molar-refractivity contribution is 7.13. The molecule has 0 atom stereocenters. The molecular formula is C26H31N5O2S. The van der Waals surface area contributed by atoms with Crippen molar-refractivity contribution in [2.75, 3.05) is 36.4 Å². The number of likely N-dealkylation sites (tertiary alicyclic amines) is 1. The van der Waals surface area contributed by atoms with Gasteiger partial charge in [0.25, 0.3) is 5.91 Å². The van der Waals surface area contributed by atoms with Gasteiger partial charge >= 0.3 is 0 Å². The molecule has 5 rings (SSSR count). The Morgan fingerprint density at radius 3 is 2.35 bits per heavy atom. The Bertz CT molecular complexity index is 1220. The molecule has 0 radical (unpaired) electrons. The van der Waals surface area contributed by atoms with Crippen LogP contribution in [0.3, 0.4) is 0 Å². The minimum Gasteiger partial charge on any atom is -0.370 e. The SMILES string of the molecule is Cc1cc(C)cc(NC(=O)C2CCN(c3c(C(=O)N4CCCC4)cnc4snc(C)c34)CC2)c1. The van der Waals surface area contributed by atoms with Gasteiger partial charge in [0, 0.05) is 44.0 Å². The Morgan fingerprint density at radius 1 is 1.00 bits per heavy atom. The van der Waals surface area contributed by atoms with E-state index in [0.29, 0.717) is 5.56 Å². The molecule has 2 saturated heterocycles. The molecule has 1 aromatic carbocycles. The van der Waals surface area contributed by atoms with E-state index in [-0.39, 0.29) is 17.7 Å². The van der Waals surface area contributed by atoms with Gasteiger partial charge in [0.2, 0.25) is 5.91 Å². The first-order valence-corrected chi connectivity index (χ1v) is 12.9. The normalized spacial score (nSPS) is 16.9. The first-order chi connectivity index (χ1) is 16.4. The zero-order chi connectivity index (χ0) is 23.8. The summed E-state index contributed by atoms with van der Waals surface area (Å²) in [5.74, 6) is 0.0854. The molecule has 0 unspecified atom stereocenters. The van der Waals surface area contributed by atoms with E-state index in [9.17, 15) is 9.59 Å². The van der Waals surface area contributed by atoms with Crippen LogP contribution in [0.1, 0.15) is 52.9 Å². The van der Waals surface area contributed by atoms with Crippen LogP contribution in [-0.4, -0.2) is 52.3 Å². The zero-order valence-corrected chi connectivity index (χ0v) is 20.9. The predicted octanol–water partition coefficient (Wildman–Crippen LogP) is 4.71. The zero-order valence-electron chi connectivity index (χ0n) is 20.1. The van der Waals surface area contributed by atoms with Gasteiger partial charge in [0.05, 0.1) is 22.3 Å². The lowest BCUT2D eigenvalue weighted by molar-refractivity contribution is -0.120. The van der Waals surface area contributed by atoms with E-state index in [1.165, 1.54) is 11.5 Å². The lowest BCUT2D eigenvalue weighted by atomic mass is 9.94. The topological polar surface area (TPSA) is 78.4 Å². The fourth-order valence-corrected chi connectivity index (χ4v) is 6.02. The molecule has 8 heteroatoms. The second kappa shape index (κ2) is 9.33. The minimum atomic E-state index is -0.0474. The number of fused-ring (bicyclic) bond motifs is 1. The molecule has 7 nitrogen and oxygen atoms in total. The van der Waals surface area contributed by atoms with Crippen LogP contribution < -0.4 is 10.2 Å². The molecule has 178 valence electrons. The molecule has 2 aromatic heterocycles. The van der Waals surface area contributed by atoms with Crippen LogP contribution in [-0.2, 0) is 4.79 Å². The molecule has 34 heavy (non-hydrogen) atoms. The van der Waals surface area contributed by atoms with Crippen molar-refractivity contribution in [1.29, 1.82) is 0 Å². The van der Waals surface area contributed by atoms with Gasteiger partial charge in [-0.3, -0.25) is 9.59 Å². The van der Waals surface area contributed by atoms with Crippen molar-refractivity contribution in [1.82, 2.24) is 14.3 Å². The molecule has 0 bridgehead atoms. The summed E-state index contributed by atoms with van der Waals surface area (Å²) in [6, 6.07) is 6.12. The van der Waals surface area contributed by atoms with Crippen LogP contribution in [0.15, 0.2) is 24.4 Å². The van der Waals surface area contributed by atoms with Crippen LogP contribution in [0.25, 0.3) is 10.2 Å². The Kier molecular flexibility index (Phi) is 6.25. The van der Waals surface area contributed by atoms with Crippen molar-refractivity contribution in [3.05, 3.63) is 46.8 Å². The van der Waals surface area contributed by atoms with E-state index in [1.54, 1.807) is 6.20 Å². The molecule has 4 heterocycles. The maximum Gasteiger partial charge on any atom is 0.257 e. The molecule has 3 aromatic rings. The van der Waals surface area contributed by atoms with Crippen molar-refractivity contribution in [2.45, 2.75) is 46.5 Å². The van der Waals surface area contributed by atoms with Crippen LogP contribution in [0.4, 0.5) is 11.4 Å². The maximum absolute atomic E-state index is 13.4. The van der Waals surface area contributed by atoms with Crippen LogP contribution >= 0.6 is 11.5 Å². The third-order valence-electron chi connectivity index (χ3n) is 6.94. The number of hydrogen-bond acceptors (Lipinski definition) is 6. The summed E-state index contributed by atoms with van der Waals surface area (Å²) >= 11 is 1.38. The van der Waals surface area contributed by atoms with Crippen molar-refractivity contribution < 1.29 is 9.59 Å². The van der Waals surface area contributed by atoms with E-state index >= 15 is 0 Å². The number of rotatable bonds is 4. The quantitative estimate of drug-likeness (QED) is 0.589. The van der Waals surface area contributed by atoms with E-state index in [0.717, 1.165) is 90.3 Å². The van der Waals surface area contributed by atoms with Gasteiger partial charge in [-0.2, -0.15) is 4.37 Å². The van der Waals surface area contributed by atoms with E-state index in [1.807, 2.05) is 37.8 Å². The second-order valence-electron chi connectivity index (χ2n) is 9.59. The third kappa shape index (κ3) is 4.39. The highest BCUT2D eigenvalue weighted by Crippen LogP contribution is 2.37. The summed E-state index contributed by atoms with van der Waals surface area (Å²) in [6.45, 7) is 9.12. The standard InChI is InChI=1S/C26H31N5O2S/c1-16-12-17(2)14-20(13-16)28-24(32)19-6-10-30(11-7-19)23-21(26(33)31-8-4-5-9-31)15-27-25-22(23)18(3)29-34-25/h12-15,19H,4-11H2,1-3H3,(H,28,32). The van der Waals surface area contributed by atoms with Crippen molar-refractivity contribution in [2.24, 2.45) is 5.92 Å². The number of amides is 2. The Balaban J connectivity index is 1.37. The van der Waals surface area contributed by atoms with Gasteiger partial charge in [0.15, 0.2) is 0 Å². The van der Waals surface area contributed by atoms with Gasteiger partial charge < -0.3 is 15.1 Å². The second-order valence-corrected chi connectivity index (χ2v) is 10.3. The smallest absolute Gasteiger partial charge is 0.257 e. The number of carbonyl (C=O) groups excluding carboxylic acids is 2. The number of nitrogens with zero attached hydrogens (tertiary/aromatic N) is 4. The van der Waals surface area contributed by atoms with Crippen molar-refractivity contribution in [3.8, 4) is 0 Å². The summed E-state index contributed by atoms with van der Waals surface area (Å²) in [5.41, 5.74) is 5.66. The molecule has 2 aliphatic rings. The summed E-state index contributed by atoms with van der Waals surface area (Å²) in [5, 5.41) is 4.09. The van der Waals surface area contributed by atoms with Gasteiger partial charge in [-0.05, 0) is 81.2 Å². The first-order valence-electron chi connectivity index (χ1n) is 12.1. The van der Waals surface area contributed by atoms with E-state index in [2.05, 4.69) is 25.6 Å². The summed E-state index contributed by atoms with van der Waals surface area (Å²) in [7, 11) is 0. The highest BCUT2D eigenvalue weighted by atomic mass is 32.1. The van der Waals surface area contributed by atoms with Gasteiger partial charge in [0.1, 0.15) is 4.83 Å². The third-order valence-corrected chi connectivity index (χ3v) is 7.79. The Hall–Kier alpha value is -3.00. The molecule has 2 amide bonds. The average Bonchev–Trinajstić information content (AvgIpc) is 3.48. The van der Waals surface area contributed by atoms with Gasteiger partial charge in [-0.15, -0.1) is 0 Å². The largest absolute Gasteiger partial charge is 0.370 e. The minimum absolute atomic E-state index is 0.0474. The fourth-order valence-electron chi connectivity index (χ4n) is 5.27. The average molecular weight is 478 g/mol. The van der Waals surface area contributed by atoms with Crippen LogP contribution in [0.5, 0.6) is 0 Å². The number of piperidine rings is 1. The number of benzene rings is 1. The summed E-state index contributed by atoms with van der Waals surface area (Å²) in [4.78, 5) is 36.0. The number of aromatic nitrogens is 2. The number of pyridine rings is 1. The van der Waals surface area contributed by atoms with E-state index in [4.69, 9.17) is 0 Å². The highest BCUT2D eigenvalue weighted by Gasteiger charge is 2.31. The fraction of sp³-hybridized carbons (Fsp3) is 0.462. The van der Waals surface area contributed by atoms with Crippen LogP contribution in [0.2, 0.25) is 0 Å². The lowest BCUT2D eigenvalue weighted by Crippen LogP contribution is -2.39. The van der Waals surface area contributed by atoms with Gasteiger partial charge in [-0.1, -0.05) is 6.07 Å². The number of hydrogen-bond donors (Lipinski definition) is 1. The van der Waals surface area contributed by atoms with Crippen LogP contribution in [0, 0.1) is 26.7 Å². The number of aryl methyl sites for hydroxylation is 3. The number of carbonyl (C=O) groups is 2. The van der Waals surface area contributed by atoms with Crippen molar-refractivity contribution in [3.63, 3.8) is 0 Å². The number of anilines is 2. The summed E-state index contributed by atoms with van der Waals surface area (Å²) in [6.07, 6.45) is 5.32. The molecule has 0 saturated carbocycles. The molecule has 2 aliphatic heterocycles. The Morgan fingerprint density at radius 2 is 1.68 bits per heavy atom. The van der Waals surface area contributed by atoms with Gasteiger partial charge in [-0.25, -0.2) is 4.98 Å². The Labute approximate surface area is 204 Å². The first kappa shape index (κ1) is 22.8. The summed E-state index contributed by atoms with van der Waals surface area (Å²) < 4.78 is 4.52. The molecule has 0 aliphatic carbocycles. The van der Waals surface area contributed by atoms with E-state index < -0.39 is 0 Å². The maximum atomic E-state index is 13.4. The molecule has 2 fully saturated rings. The molecule has 1 N–H and O–H groups in total. The number of nitrogens with one attached hydrogen (secondary N) is 1. The molecule has 0 spiro atoms. The predicted molar refractivity (Wildman–Crippen MR) is 137 cm³/mol. The van der Waals surface area contributed by atoms with Crippen molar-refractivity contribution >= 4 is 44.9 Å².